The lowest BCUT2D eigenvalue weighted by molar-refractivity contribution is -0.140. The molecule has 196 valence electrons. The van der Waals surface area contributed by atoms with Crippen molar-refractivity contribution in [3.05, 3.63) is 105 Å². The first-order valence-electron chi connectivity index (χ1n) is 12.2. The van der Waals surface area contributed by atoms with Crippen LogP contribution in [0.15, 0.2) is 82.9 Å². The summed E-state index contributed by atoms with van der Waals surface area (Å²) in [5.74, 6) is -0.401. The number of urea groups is 1. The Hall–Kier alpha value is -4.26. The van der Waals surface area contributed by atoms with E-state index in [4.69, 9.17) is 16.3 Å². The monoisotopic (exact) mass is 558 g/mol. The van der Waals surface area contributed by atoms with Crippen molar-refractivity contribution in [3.8, 4) is 6.07 Å². The highest BCUT2D eigenvalue weighted by molar-refractivity contribution is 8.00. The molecule has 0 aromatic heterocycles. The molecule has 0 bridgehead atoms. The van der Waals surface area contributed by atoms with Crippen molar-refractivity contribution in [2.24, 2.45) is 0 Å². The average molecular weight is 559 g/mol. The fourth-order valence-corrected chi connectivity index (χ4v) is 5.52. The van der Waals surface area contributed by atoms with Crippen LogP contribution in [0.1, 0.15) is 34.7 Å². The summed E-state index contributed by atoms with van der Waals surface area (Å²) < 4.78 is 5.69. The molecule has 2 aliphatic rings. The minimum absolute atomic E-state index is 0.0484. The Kier molecular flexibility index (Phi) is 7.87. The number of carbonyl (C=O) groups is 3. The molecule has 2 heterocycles. The van der Waals surface area contributed by atoms with E-state index < -0.39 is 18.0 Å². The summed E-state index contributed by atoms with van der Waals surface area (Å²) in [5.41, 5.74) is 3.94. The number of halogens is 1. The first kappa shape index (κ1) is 26.4. The highest BCUT2D eigenvalue weighted by Crippen LogP contribution is 2.37. The van der Waals surface area contributed by atoms with Crippen molar-refractivity contribution >= 4 is 47.0 Å². The lowest BCUT2D eigenvalue weighted by atomic mass is 9.92. The van der Waals surface area contributed by atoms with E-state index in [1.165, 1.54) is 11.8 Å². The molecular weight excluding hydrogens is 536 g/mol. The van der Waals surface area contributed by atoms with Gasteiger partial charge >= 0.3 is 12.0 Å². The molecule has 3 N–H and O–H groups in total. The number of anilines is 1. The predicted molar refractivity (Wildman–Crippen MR) is 148 cm³/mol. The van der Waals surface area contributed by atoms with Crippen LogP contribution in [0.3, 0.4) is 0 Å². The number of hydrogen-bond acceptors (Lipinski definition) is 6. The zero-order valence-electron chi connectivity index (χ0n) is 20.6. The molecule has 3 aromatic carbocycles. The van der Waals surface area contributed by atoms with E-state index in [-0.39, 0.29) is 18.1 Å². The molecule has 0 saturated carbocycles. The number of nitrogens with one attached hydrogen (secondary N) is 3. The van der Waals surface area contributed by atoms with Crippen molar-refractivity contribution in [1.29, 1.82) is 5.26 Å². The van der Waals surface area contributed by atoms with Crippen LogP contribution >= 0.6 is 23.4 Å². The molecule has 1 atom stereocenters. The first-order chi connectivity index (χ1) is 18.9. The van der Waals surface area contributed by atoms with Gasteiger partial charge in [-0.1, -0.05) is 48.0 Å². The summed E-state index contributed by atoms with van der Waals surface area (Å²) in [6.07, 6.45) is 0.819. The van der Waals surface area contributed by atoms with Gasteiger partial charge in [-0.2, -0.15) is 5.26 Å². The van der Waals surface area contributed by atoms with Crippen molar-refractivity contribution in [3.63, 3.8) is 0 Å². The number of allylic oxidation sites excluding steroid dienone is 1. The van der Waals surface area contributed by atoms with Gasteiger partial charge < -0.3 is 20.7 Å². The molecular formula is C29H23ClN4O4S. The molecule has 1 unspecified atom stereocenters. The largest absolute Gasteiger partial charge is 0.457 e. The number of fused-ring (bicyclic) bond motifs is 1. The van der Waals surface area contributed by atoms with Crippen LogP contribution in [0, 0.1) is 11.3 Å². The number of rotatable bonds is 7. The zero-order valence-corrected chi connectivity index (χ0v) is 22.2. The number of benzene rings is 3. The van der Waals surface area contributed by atoms with E-state index in [1.807, 2.05) is 30.3 Å². The number of esters is 1. The second-order valence-corrected chi connectivity index (χ2v) is 10.4. The molecule has 10 heteroatoms. The van der Waals surface area contributed by atoms with E-state index in [0.29, 0.717) is 51.7 Å². The van der Waals surface area contributed by atoms with E-state index in [1.54, 1.807) is 36.4 Å². The van der Waals surface area contributed by atoms with Gasteiger partial charge in [0.25, 0.3) is 0 Å². The summed E-state index contributed by atoms with van der Waals surface area (Å²) in [6.45, 7) is -0.0484. The van der Waals surface area contributed by atoms with Crippen LogP contribution in [0.25, 0.3) is 0 Å². The summed E-state index contributed by atoms with van der Waals surface area (Å²) >= 11 is 7.77. The molecule has 0 spiro atoms. The number of nitriles is 1. The molecule has 39 heavy (non-hydrogen) atoms. The molecule has 0 saturated heterocycles. The van der Waals surface area contributed by atoms with Crippen molar-refractivity contribution in [2.45, 2.75) is 30.4 Å². The minimum Gasteiger partial charge on any atom is -0.457 e. The maximum Gasteiger partial charge on any atom is 0.338 e. The fourth-order valence-electron chi connectivity index (χ4n) is 4.50. The second-order valence-electron chi connectivity index (χ2n) is 9.00. The number of thioether (sulfide) groups is 1. The van der Waals surface area contributed by atoms with Gasteiger partial charge in [-0.05, 0) is 59.9 Å². The topological polar surface area (TPSA) is 120 Å². The van der Waals surface area contributed by atoms with Crippen LogP contribution < -0.4 is 16.0 Å². The number of aryl methyl sites for hydroxylation is 1. The molecule has 3 amide bonds. The zero-order chi connectivity index (χ0) is 27.4. The number of amides is 3. The Morgan fingerprint density at radius 2 is 1.90 bits per heavy atom. The average Bonchev–Trinajstić information content (AvgIpc) is 2.94. The normalized spacial score (nSPS) is 16.4. The minimum atomic E-state index is -0.813. The van der Waals surface area contributed by atoms with Gasteiger partial charge in [0.1, 0.15) is 6.61 Å². The van der Waals surface area contributed by atoms with Crippen molar-refractivity contribution in [2.75, 3.05) is 11.1 Å². The number of hydrogen-bond donors (Lipinski definition) is 3. The third-order valence-electron chi connectivity index (χ3n) is 6.37. The molecule has 0 aliphatic carbocycles. The second kappa shape index (κ2) is 11.6. The third kappa shape index (κ3) is 6.08. The maximum absolute atomic E-state index is 13.6. The number of ether oxygens (including phenoxy) is 1. The Bertz CT molecular complexity index is 1550. The van der Waals surface area contributed by atoms with Crippen LogP contribution in [0.2, 0.25) is 5.02 Å². The predicted octanol–water partition coefficient (Wildman–Crippen LogP) is 5.24. The molecule has 0 radical (unpaired) electrons. The van der Waals surface area contributed by atoms with E-state index in [9.17, 15) is 19.6 Å². The van der Waals surface area contributed by atoms with Gasteiger partial charge in [-0.25, -0.2) is 9.59 Å². The van der Waals surface area contributed by atoms with Crippen LogP contribution in [-0.4, -0.2) is 23.7 Å². The first-order valence-corrected chi connectivity index (χ1v) is 13.5. The summed E-state index contributed by atoms with van der Waals surface area (Å²) in [6, 6.07) is 20.5. The molecule has 5 rings (SSSR count). The third-order valence-corrected chi connectivity index (χ3v) is 7.81. The van der Waals surface area contributed by atoms with E-state index in [2.05, 4.69) is 22.0 Å². The number of carbonyl (C=O) groups excluding carboxylic acids is 3. The highest BCUT2D eigenvalue weighted by Gasteiger charge is 2.34. The fraction of sp³-hybridized carbons (Fsp3) is 0.172. The molecule has 8 nitrogen and oxygen atoms in total. The quantitative estimate of drug-likeness (QED) is 0.341. The van der Waals surface area contributed by atoms with Crippen molar-refractivity contribution < 1.29 is 19.1 Å². The van der Waals surface area contributed by atoms with Crippen LogP contribution in [0.5, 0.6) is 0 Å². The standard InChI is InChI=1S/C29H23ClN4O4S/c30-21-7-2-1-6-19(21)8-10-22-26(28(36)38-15-18-5-3-4-17(12-18)14-31)27(34-29(37)33-22)20-9-11-24-23(13-20)32-25(35)16-39-24/h1-7,9,11-13,27H,8,10,15-16H2,(H,32,35)(H2,33,34,37). The van der Waals surface area contributed by atoms with Crippen LogP contribution in [-0.2, 0) is 27.4 Å². The summed E-state index contributed by atoms with van der Waals surface area (Å²) in [4.78, 5) is 39.2. The summed E-state index contributed by atoms with van der Waals surface area (Å²) in [7, 11) is 0. The molecule has 0 fully saturated rings. The van der Waals surface area contributed by atoms with Gasteiger partial charge in [0, 0.05) is 15.6 Å². The Morgan fingerprint density at radius 3 is 2.72 bits per heavy atom. The molecule has 3 aromatic rings. The lowest BCUT2D eigenvalue weighted by Gasteiger charge is -2.30. The van der Waals surface area contributed by atoms with Gasteiger partial charge in [-0.15, -0.1) is 11.8 Å². The van der Waals surface area contributed by atoms with E-state index >= 15 is 0 Å². The van der Waals surface area contributed by atoms with E-state index in [0.717, 1.165) is 10.5 Å². The maximum atomic E-state index is 13.6. The van der Waals surface area contributed by atoms with Gasteiger partial charge in [0.2, 0.25) is 5.91 Å². The highest BCUT2D eigenvalue weighted by atomic mass is 35.5. The molecule has 2 aliphatic heterocycles. The van der Waals surface area contributed by atoms with Crippen LogP contribution in [0.4, 0.5) is 10.5 Å². The van der Waals surface area contributed by atoms with Gasteiger partial charge in [0.05, 0.1) is 34.7 Å². The summed E-state index contributed by atoms with van der Waals surface area (Å²) in [5, 5.41) is 18.3. The van der Waals surface area contributed by atoms with Gasteiger partial charge in [-0.3, -0.25) is 4.79 Å². The number of nitrogens with zero attached hydrogens (tertiary/aromatic N) is 1. The Morgan fingerprint density at radius 1 is 1.05 bits per heavy atom. The Balaban J connectivity index is 1.49. The van der Waals surface area contributed by atoms with Gasteiger partial charge in [0.15, 0.2) is 0 Å². The van der Waals surface area contributed by atoms with Crippen molar-refractivity contribution in [1.82, 2.24) is 10.6 Å². The SMILES string of the molecule is N#Cc1cccc(COC(=O)C2=C(CCc3ccccc3Cl)NC(=O)NC2c2ccc3c(c2)NC(=O)CS3)c1. The lowest BCUT2D eigenvalue weighted by Crippen LogP contribution is -2.46. The smallest absolute Gasteiger partial charge is 0.338 e. The Labute approximate surface area is 234 Å².